The molecule has 2 heterocycles. The molecule has 0 radical (unpaired) electrons. The monoisotopic (exact) mass is 247 g/mol. The predicted octanol–water partition coefficient (Wildman–Crippen LogP) is 1.77. The largest absolute Gasteiger partial charge is 0.464 e. The first-order chi connectivity index (χ1) is 8.61. The molecule has 0 aliphatic heterocycles. The lowest BCUT2D eigenvalue weighted by molar-refractivity contribution is 0.0593. The average Bonchev–Trinajstić information content (AvgIpc) is 2.38. The lowest BCUT2D eigenvalue weighted by atomic mass is 10.1. The topological polar surface area (TPSA) is 65.0 Å². The van der Waals surface area contributed by atoms with E-state index >= 15 is 0 Å². The molecule has 0 aliphatic carbocycles. The summed E-state index contributed by atoms with van der Waals surface area (Å²) < 4.78 is 17.5. The third kappa shape index (κ3) is 2.32. The Morgan fingerprint density at radius 2 is 2.11 bits per heavy atom. The number of aryl methyl sites for hydroxylation is 1. The van der Waals surface area contributed by atoms with Crippen LogP contribution < -0.4 is 0 Å². The number of carbonyl (C=O) groups excluding carboxylic acids is 1. The van der Waals surface area contributed by atoms with Gasteiger partial charge in [-0.25, -0.2) is 14.8 Å². The number of hydrogen-bond acceptors (Lipinski definition) is 5. The smallest absolute Gasteiger partial charge is 0.358 e. The SMILES string of the molecule is COC(=O)c1cncc(-c2cnc(F)cc2C)n1. The van der Waals surface area contributed by atoms with Crippen molar-refractivity contribution < 1.29 is 13.9 Å². The maximum absolute atomic E-state index is 12.9. The van der Waals surface area contributed by atoms with Gasteiger partial charge < -0.3 is 4.74 Å². The van der Waals surface area contributed by atoms with E-state index in [0.717, 1.165) is 0 Å². The van der Waals surface area contributed by atoms with Gasteiger partial charge in [-0.3, -0.25) is 4.98 Å². The van der Waals surface area contributed by atoms with Gasteiger partial charge in [-0.2, -0.15) is 4.39 Å². The number of ether oxygens (including phenoxy) is 1. The minimum Gasteiger partial charge on any atom is -0.464 e. The van der Waals surface area contributed by atoms with E-state index in [-0.39, 0.29) is 5.69 Å². The molecule has 0 N–H and O–H groups in total. The van der Waals surface area contributed by atoms with Gasteiger partial charge in [0.15, 0.2) is 5.69 Å². The van der Waals surface area contributed by atoms with E-state index in [1.165, 1.54) is 31.8 Å². The highest BCUT2D eigenvalue weighted by atomic mass is 19.1. The molecular weight excluding hydrogens is 237 g/mol. The lowest BCUT2D eigenvalue weighted by Crippen LogP contribution is -2.06. The van der Waals surface area contributed by atoms with E-state index in [2.05, 4.69) is 19.7 Å². The van der Waals surface area contributed by atoms with Crippen LogP contribution in [0.15, 0.2) is 24.7 Å². The lowest BCUT2D eigenvalue weighted by Gasteiger charge is -2.05. The van der Waals surface area contributed by atoms with Gasteiger partial charge in [0.1, 0.15) is 0 Å². The Morgan fingerprint density at radius 1 is 1.33 bits per heavy atom. The summed E-state index contributed by atoms with van der Waals surface area (Å²) in [7, 11) is 1.27. The fraction of sp³-hybridized carbons (Fsp3) is 0.167. The van der Waals surface area contributed by atoms with Gasteiger partial charge in [0, 0.05) is 11.8 Å². The first kappa shape index (κ1) is 12.1. The first-order valence-corrected chi connectivity index (χ1v) is 5.14. The van der Waals surface area contributed by atoms with Crippen LogP contribution in [0.4, 0.5) is 4.39 Å². The van der Waals surface area contributed by atoms with Crippen LogP contribution in [0.2, 0.25) is 0 Å². The van der Waals surface area contributed by atoms with E-state index < -0.39 is 11.9 Å². The number of methoxy groups -OCH3 is 1. The van der Waals surface area contributed by atoms with Crippen LogP contribution in [0, 0.1) is 12.9 Å². The molecule has 0 amide bonds. The van der Waals surface area contributed by atoms with Crippen LogP contribution in [-0.2, 0) is 4.74 Å². The van der Waals surface area contributed by atoms with Crippen molar-refractivity contribution in [3.05, 3.63) is 41.9 Å². The van der Waals surface area contributed by atoms with E-state index in [1.807, 2.05) is 0 Å². The van der Waals surface area contributed by atoms with Crippen molar-refractivity contribution >= 4 is 5.97 Å². The second-order valence-corrected chi connectivity index (χ2v) is 3.60. The second-order valence-electron chi connectivity index (χ2n) is 3.60. The van der Waals surface area contributed by atoms with Crippen LogP contribution >= 0.6 is 0 Å². The summed E-state index contributed by atoms with van der Waals surface area (Å²) in [5, 5.41) is 0. The normalized spacial score (nSPS) is 10.2. The number of nitrogens with zero attached hydrogens (tertiary/aromatic N) is 3. The predicted molar refractivity (Wildman–Crippen MR) is 61.3 cm³/mol. The van der Waals surface area contributed by atoms with Gasteiger partial charge in [0.2, 0.25) is 5.95 Å². The van der Waals surface area contributed by atoms with Crippen LogP contribution in [0.25, 0.3) is 11.3 Å². The molecule has 18 heavy (non-hydrogen) atoms. The van der Waals surface area contributed by atoms with Gasteiger partial charge >= 0.3 is 5.97 Å². The maximum Gasteiger partial charge on any atom is 0.358 e. The van der Waals surface area contributed by atoms with E-state index in [1.54, 1.807) is 6.92 Å². The minimum atomic E-state index is -0.572. The van der Waals surface area contributed by atoms with Gasteiger partial charge in [0.05, 0.1) is 25.2 Å². The molecule has 5 nitrogen and oxygen atoms in total. The molecule has 2 aromatic rings. The first-order valence-electron chi connectivity index (χ1n) is 5.14. The van der Waals surface area contributed by atoms with Crippen molar-refractivity contribution in [2.45, 2.75) is 6.92 Å². The fourth-order valence-electron chi connectivity index (χ4n) is 1.49. The molecule has 0 saturated heterocycles. The molecule has 0 atom stereocenters. The molecule has 6 heteroatoms. The molecular formula is C12H10FN3O2. The van der Waals surface area contributed by atoms with Crippen molar-refractivity contribution in [1.82, 2.24) is 15.0 Å². The van der Waals surface area contributed by atoms with Crippen LogP contribution in [0.1, 0.15) is 16.1 Å². The van der Waals surface area contributed by atoms with Crippen molar-refractivity contribution in [1.29, 1.82) is 0 Å². The summed E-state index contributed by atoms with van der Waals surface area (Å²) in [6.45, 7) is 1.73. The van der Waals surface area contributed by atoms with Gasteiger partial charge in [-0.05, 0) is 18.6 Å². The van der Waals surface area contributed by atoms with Crippen molar-refractivity contribution in [3.8, 4) is 11.3 Å². The Labute approximate surface area is 103 Å². The van der Waals surface area contributed by atoms with Crippen molar-refractivity contribution in [2.24, 2.45) is 0 Å². The molecule has 2 aromatic heterocycles. The summed E-state index contributed by atoms with van der Waals surface area (Å²) in [5.41, 5.74) is 1.83. The standard InChI is InChI=1S/C12H10FN3O2/c1-7-3-11(13)15-4-8(7)9-5-14-6-10(16-9)12(17)18-2/h3-6H,1-2H3. The Bertz CT molecular complexity index is 602. The highest BCUT2D eigenvalue weighted by Gasteiger charge is 2.11. The molecule has 0 bridgehead atoms. The number of halogens is 1. The molecule has 0 fully saturated rings. The van der Waals surface area contributed by atoms with Gasteiger partial charge in [-0.1, -0.05) is 0 Å². The number of pyridine rings is 1. The number of rotatable bonds is 2. The number of hydrogen-bond donors (Lipinski definition) is 0. The second kappa shape index (κ2) is 4.87. The Hall–Kier alpha value is -2.37. The number of aromatic nitrogens is 3. The summed E-state index contributed by atoms with van der Waals surface area (Å²) in [6.07, 6.45) is 4.14. The minimum absolute atomic E-state index is 0.0960. The summed E-state index contributed by atoms with van der Waals surface area (Å²) in [5.74, 6) is -1.13. The van der Waals surface area contributed by atoms with Crippen LogP contribution in [0.5, 0.6) is 0 Å². The highest BCUT2D eigenvalue weighted by molar-refractivity contribution is 5.87. The summed E-state index contributed by atoms with van der Waals surface area (Å²) >= 11 is 0. The van der Waals surface area contributed by atoms with E-state index in [4.69, 9.17) is 0 Å². The molecule has 0 aliphatic rings. The zero-order valence-corrected chi connectivity index (χ0v) is 9.85. The molecule has 0 spiro atoms. The fourth-order valence-corrected chi connectivity index (χ4v) is 1.49. The highest BCUT2D eigenvalue weighted by Crippen LogP contribution is 2.20. The quantitative estimate of drug-likeness (QED) is 0.597. The Morgan fingerprint density at radius 3 is 2.78 bits per heavy atom. The molecule has 0 saturated carbocycles. The van der Waals surface area contributed by atoms with Gasteiger partial charge in [-0.15, -0.1) is 0 Å². The number of esters is 1. The molecule has 92 valence electrons. The van der Waals surface area contributed by atoms with Crippen molar-refractivity contribution in [3.63, 3.8) is 0 Å². The molecule has 0 aromatic carbocycles. The van der Waals surface area contributed by atoms with Gasteiger partial charge in [0.25, 0.3) is 0 Å². The number of carbonyl (C=O) groups is 1. The van der Waals surface area contributed by atoms with Crippen molar-refractivity contribution in [2.75, 3.05) is 7.11 Å². The maximum atomic E-state index is 12.9. The average molecular weight is 247 g/mol. The van der Waals surface area contributed by atoms with E-state index in [9.17, 15) is 9.18 Å². The van der Waals surface area contributed by atoms with Crippen LogP contribution in [-0.4, -0.2) is 28.0 Å². The zero-order valence-electron chi connectivity index (χ0n) is 9.85. The Kier molecular flexibility index (Phi) is 3.27. The van der Waals surface area contributed by atoms with Crippen LogP contribution in [0.3, 0.4) is 0 Å². The Balaban J connectivity index is 2.48. The summed E-state index contributed by atoms with van der Waals surface area (Å²) in [6, 6.07) is 1.29. The zero-order chi connectivity index (χ0) is 13.1. The third-order valence-corrected chi connectivity index (χ3v) is 2.38. The molecule has 0 unspecified atom stereocenters. The molecule has 2 rings (SSSR count). The summed E-state index contributed by atoms with van der Waals surface area (Å²) in [4.78, 5) is 22.9. The third-order valence-electron chi connectivity index (χ3n) is 2.38. The van der Waals surface area contributed by atoms with E-state index in [0.29, 0.717) is 16.8 Å².